The van der Waals surface area contributed by atoms with Crippen molar-refractivity contribution >= 4 is 22.8 Å². The minimum atomic E-state index is -0.537. The summed E-state index contributed by atoms with van der Waals surface area (Å²) in [5.74, 6) is -0.899. The Kier molecular flexibility index (Phi) is 4.66. The van der Waals surface area contributed by atoms with E-state index < -0.39 is 5.97 Å². The van der Waals surface area contributed by atoms with Gasteiger partial charge in [-0.25, -0.2) is 4.79 Å². The average Bonchev–Trinajstić information content (AvgIpc) is 2.49. The van der Waals surface area contributed by atoms with Gasteiger partial charge in [0.25, 0.3) is 5.91 Å². The Bertz CT molecular complexity index is 695. The molecule has 1 amide bonds. The number of rotatable bonds is 5. The summed E-state index contributed by atoms with van der Waals surface area (Å²) in [5.41, 5.74) is 1.85. The zero-order chi connectivity index (χ0) is 15.2. The Morgan fingerprint density at radius 3 is 2.90 bits per heavy atom. The summed E-state index contributed by atoms with van der Waals surface area (Å²) in [7, 11) is 0. The van der Waals surface area contributed by atoms with Crippen LogP contribution in [0.4, 0.5) is 0 Å². The monoisotopic (exact) mass is 284 g/mol. The highest BCUT2D eigenvalue weighted by molar-refractivity contribution is 6.04. The first-order chi connectivity index (χ1) is 10.1. The molecule has 1 aromatic carbocycles. The summed E-state index contributed by atoms with van der Waals surface area (Å²) >= 11 is 0. The van der Waals surface area contributed by atoms with Gasteiger partial charge in [-0.05, 0) is 19.1 Å². The maximum Gasteiger partial charge on any atom is 0.339 e. The van der Waals surface area contributed by atoms with Crippen molar-refractivity contribution in [2.45, 2.75) is 6.92 Å². The molecule has 5 heteroatoms. The van der Waals surface area contributed by atoms with Crippen LogP contribution >= 0.6 is 0 Å². The van der Waals surface area contributed by atoms with Crippen LogP contribution in [0.5, 0.6) is 0 Å². The SMILES string of the molecule is C=CCNC(=O)COC(=O)c1cc(C)nc2ccccc12. The highest BCUT2D eigenvalue weighted by Crippen LogP contribution is 2.18. The zero-order valence-corrected chi connectivity index (χ0v) is 11.8. The molecule has 0 aliphatic rings. The molecule has 0 radical (unpaired) electrons. The normalized spacial score (nSPS) is 10.1. The van der Waals surface area contributed by atoms with Crippen LogP contribution in [-0.4, -0.2) is 30.0 Å². The molecular formula is C16H16N2O3. The van der Waals surface area contributed by atoms with E-state index in [0.29, 0.717) is 17.5 Å². The van der Waals surface area contributed by atoms with Crippen LogP contribution in [0.3, 0.4) is 0 Å². The molecule has 0 unspecified atom stereocenters. The lowest BCUT2D eigenvalue weighted by atomic mass is 10.1. The molecular weight excluding hydrogens is 268 g/mol. The summed E-state index contributed by atoms with van der Waals surface area (Å²) < 4.78 is 5.04. The quantitative estimate of drug-likeness (QED) is 0.673. The molecule has 0 aliphatic heterocycles. The number of fused-ring (bicyclic) bond motifs is 1. The number of pyridine rings is 1. The second-order valence-corrected chi connectivity index (χ2v) is 4.50. The summed E-state index contributed by atoms with van der Waals surface area (Å²) in [6.45, 7) is 5.32. The Labute approximate surface area is 122 Å². The number of hydrogen-bond donors (Lipinski definition) is 1. The largest absolute Gasteiger partial charge is 0.452 e. The Hall–Kier alpha value is -2.69. The summed E-state index contributed by atoms with van der Waals surface area (Å²) in [4.78, 5) is 27.9. The predicted molar refractivity (Wildman–Crippen MR) is 80.0 cm³/mol. The van der Waals surface area contributed by atoms with E-state index >= 15 is 0 Å². The fourth-order valence-corrected chi connectivity index (χ4v) is 1.92. The maximum absolute atomic E-state index is 12.1. The second kappa shape index (κ2) is 6.65. The molecule has 0 atom stereocenters. The van der Waals surface area contributed by atoms with E-state index in [2.05, 4.69) is 16.9 Å². The van der Waals surface area contributed by atoms with Crippen molar-refractivity contribution in [3.63, 3.8) is 0 Å². The van der Waals surface area contributed by atoms with Crippen molar-refractivity contribution in [2.75, 3.05) is 13.2 Å². The van der Waals surface area contributed by atoms with Gasteiger partial charge in [0.1, 0.15) is 0 Å². The zero-order valence-electron chi connectivity index (χ0n) is 11.8. The number of para-hydroxylation sites is 1. The standard InChI is InChI=1S/C16H16N2O3/c1-3-8-17-15(19)10-21-16(20)13-9-11(2)18-14-7-5-4-6-12(13)14/h3-7,9H,1,8,10H2,2H3,(H,17,19). The molecule has 0 fully saturated rings. The first kappa shape index (κ1) is 14.7. The molecule has 0 bridgehead atoms. The summed E-state index contributed by atoms with van der Waals surface area (Å²) in [6.07, 6.45) is 1.56. The number of ether oxygens (including phenoxy) is 1. The smallest absolute Gasteiger partial charge is 0.339 e. The minimum absolute atomic E-state index is 0.317. The van der Waals surface area contributed by atoms with Crippen molar-refractivity contribution in [3.8, 4) is 0 Å². The number of benzene rings is 1. The number of esters is 1. The van der Waals surface area contributed by atoms with E-state index in [4.69, 9.17) is 4.74 Å². The van der Waals surface area contributed by atoms with Crippen LogP contribution in [-0.2, 0) is 9.53 Å². The highest BCUT2D eigenvalue weighted by atomic mass is 16.5. The molecule has 0 spiro atoms. The summed E-state index contributed by atoms with van der Waals surface area (Å²) in [6, 6.07) is 8.97. The van der Waals surface area contributed by atoms with Gasteiger partial charge < -0.3 is 10.1 Å². The third-order valence-electron chi connectivity index (χ3n) is 2.84. The van der Waals surface area contributed by atoms with Gasteiger partial charge in [0, 0.05) is 17.6 Å². The van der Waals surface area contributed by atoms with Gasteiger partial charge in [-0.1, -0.05) is 24.3 Å². The van der Waals surface area contributed by atoms with Crippen molar-refractivity contribution in [2.24, 2.45) is 0 Å². The lowest BCUT2D eigenvalue weighted by Gasteiger charge is -2.08. The molecule has 2 aromatic rings. The molecule has 108 valence electrons. The molecule has 0 saturated carbocycles. The number of amides is 1. The third kappa shape index (κ3) is 3.66. The van der Waals surface area contributed by atoms with Crippen LogP contribution in [0.2, 0.25) is 0 Å². The first-order valence-electron chi connectivity index (χ1n) is 6.53. The Morgan fingerprint density at radius 2 is 2.14 bits per heavy atom. The predicted octanol–water partition coefficient (Wildman–Crippen LogP) is 2.00. The number of nitrogens with one attached hydrogen (secondary N) is 1. The van der Waals surface area contributed by atoms with E-state index in [-0.39, 0.29) is 12.5 Å². The number of carbonyl (C=O) groups is 2. The van der Waals surface area contributed by atoms with Crippen LogP contribution in [0.15, 0.2) is 43.0 Å². The molecule has 5 nitrogen and oxygen atoms in total. The van der Waals surface area contributed by atoms with Crippen molar-refractivity contribution in [1.82, 2.24) is 10.3 Å². The fourth-order valence-electron chi connectivity index (χ4n) is 1.92. The Balaban J connectivity index is 2.16. The van der Waals surface area contributed by atoms with Crippen LogP contribution in [0.25, 0.3) is 10.9 Å². The van der Waals surface area contributed by atoms with Crippen LogP contribution in [0, 0.1) is 6.92 Å². The number of hydrogen-bond acceptors (Lipinski definition) is 4. The third-order valence-corrected chi connectivity index (χ3v) is 2.84. The number of nitrogens with zero attached hydrogens (tertiary/aromatic N) is 1. The van der Waals surface area contributed by atoms with E-state index in [9.17, 15) is 9.59 Å². The average molecular weight is 284 g/mol. The van der Waals surface area contributed by atoms with Gasteiger partial charge >= 0.3 is 5.97 Å². The molecule has 1 aromatic heterocycles. The number of aryl methyl sites for hydroxylation is 1. The van der Waals surface area contributed by atoms with Gasteiger partial charge in [-0.2, -0.15) is 0 Å². The van der Waals surface area contributed by atoms with Crippen molar-refractivity contribution in [3.05, 3.63) is 54.2 Å². The lowest BCUT2D eigenvalue weighted by molar-refractivity contribution is -0.124. The topological polar surface area (TPSA) is 68.3 Å². The van der Waals surface area contributed by atoms with E-state index in [0.717, 1.165) is 11.2 Å². The Morgan fingerprint density at radius 1 is 1.38 bits per heavy atom. The van der Waals surface area contributed by atoms with Crippen LogP contribution < -0.4 is 5.32 Å². The highest BCUT2D eigenvalue weighted by Gasteiger charge is 2.14. The van der Waals surface area contributed by atoms with Crippen LogP contribution in [0.1, 0.15) is 16.1 Å². The van der Waals surface area contributed by atoms with E-state index in [1.165, 1.54) is 0 Å². The van der Waals surface area contributed by atoms with Crippen molar-refractivity contribution < 1.29 is 14.3 Å². The maximum atomic E-state index is 12.1. The molecule has 2 rings (SSSR count). The molecule has 1 N–H and O–H groups in total. The van der Waals surface area contributed by atoms with Gasteiger partial charge in [-0.15, -0.1) is 6.58 Å². The molecule has 21 heavy (non-hydrogen) atoms. The first-order valence-corrected chi connectivity index (χ1v) is 6.53. The van der Waals surface area contributed by atoms with Crippen molar-refractivity contribution in [1.29, 1.82) is 0 Å². The van der Waals surface area contributed by atoms with E-state index in [1.54, 1.807) is 25.1 Å². The van der Waals surface area contributed by atoms with Gasteiger partial charge in [0.2, 0.25) is 0 Å². The number of carbonyl (C=O) groups excluding carboxylic acids is 2. The minimum Gasteiger partial charge on any atom is -0.452 e. The summed E-state index contributed by atoms with van der Waals surface area (Å²) in [5, 5.41) is 3.25. The fraction of sp³-hybridized carbons (Fsp3) is 0.188. The number of aromatic nitrogens is 1. The van der Waals surface area contributed by atoms with Gasteiger partial charge in [0.15, 0.2) is 6.61 Å². The second-order valence-electron chi connectivity index (χ2n) is 4.50. The van der Waals surface area contributed by atoms with Gasteiger partial charge in [-0.3, -0.25) is 9.78 Å². The van der Waals surface area contributed by atoms with Gasteiger partial charge in [0.05, 0.1) is 11.1 Å². The molecule has 0 aliphatic carbocycles. The molecule has 1 heterocycles. The van der Waals surface area contributed by atoms with E-state index in [1.807, 2.05) is 18.2 Å². The lowest BCUT2D eigenvalue weighted by Crippen LogP contribution is -2.28. The molecule has 0 saturated heterocycles.